The minimum atomic E-state index is -1.04. The Kier molecular flexibility index (Phi) is 4.88. The third kappa shape index (κ3) is 3.83. The van der Waals surface area contributed by atoms with Crippen molar-refractivity contribution in [3.05, 3.63) is 22.8 Å². The van der Waals surface area contributed by atoms with Crippen molar-refractivity contribution in [3.63, 3.8) is 0 Å². The first-order valence-corrected chi connectivity index (χ1v) is 11.2. The molecule has 2 aromatic rings. The molecular weight excluding hydrogens is 336 g/mol. The van der Waals surface area contributed by atoms with Crippen LogP contribution in [0.25, 0.3) is 10.9 Å². The summed E-state index contributed by atoms with van der Waals surface area (Å²) in [5, 5.41) is 5.45. The predicted molar refractivity (Wildman–Crippen MR) is 88.1 cm³/mol. The van der Waals surface area contributed by atoms with Crippen LogP contribution in [0.3, 0.4) is 0 Å². The van der Waals surface area contributed by atoms with Crippen LogP contribution >= 0.6 is 15.9 Å². The number of fused-ring (bicyclic) bond motifs is 1. The highest BCUT2D eigenvalue weighted by molar-refractivity contribution is 9.10. The van der Waals surface area contributed by atoms with Gasteiger partial charge in [0.05, 0.1) is 23.3 Å². The molecule has 1 heterocycles. The van der Waals surface area contributed by atoms with E-state index >= 15 is 0 Å². The number of nitrogens with zero attached hydrogens (tertiary/aromatic N) is 2. The number of methoxy groups -OCH3 is 1. The molecule has 0 radical (unpaired) electrons. The Morgan fingerprint density at radius 1 is 1.30 bits per heavy atom. The van der Waals surface area contributed by atoms with E-state index in [0.717, 1.165) is 27.7 Å². The van der Waals surface area contributed by atoms with Crippen molar-refractivity contribution >= 4 is 34.9 Å². The molecule has 0 aliphatic carbocycles. The molecule has 0 aliphatic heterocycles. The molecule has 1 aromatic heterocycles. The van der Waals surface area contributed by atoms with Crippen LogP contribution in [0.4, 0.5) is 0 Å². The Balaban J connectivity index is 2.07. The second kappa shape index (κ2) is 6.28. The van der Waals surface area contributed by atoms with Crippen molar-refractivity contribution in [3.8, 4) is 5.75 Å². The maximum atomic E-state index is 5.75. The summed E-state index contributed by atoms with van der Waals surface area (Å²) in [5.41, 5.74) is 1.03. The van der Waals surface area contributed by atoms with E-state index < -0.39 is 8.07 Å². The average molecular weight is 357 g/mol. The van der Waals surface area contributed by atoms with Crippen LogP contribution in [0.15, 0.2) is 22.8 Å². The molecule has 6 heteroatoms. The molecule has 0 aliphatic rings. The lowest BCUT2D eigenvalue weighted by molar-refractivity contribution is 0.0817. The van der Waals surface area contributed by atoms with Crippen LogP contribution in [0.2, 0.25) is 25.7 Å². The van der Waals surface area contributed by atoms with E-state index in [2.05, 4.69) is 40.7 Å². The zero-order chi connectivity index (χ0) is 14.8. The van der Waals surface area contributed by atoms with Gasteiger partial charge in [0.25, 0.3) is 0 Å². The standard InChI is InChI=1S/C14H21BrN2O2Si/c1-18-14-8-13-11(7-12(14)15)9-16-17(13)10-19-5-6-20(2,3)4/h7-9H,5-6,10H2,1-4H3. The summed E-state index contributed by atoms with van der Waals surface area (Å²) >= 11 is 3.48. The molecule has 0 spiro atoms. The molecule has 20 heavy (non-hydrogen) atoms. The Hall–Kier alpha value is -0.853. The van der Waals surface area contributed by atoms with Crippen LogP contribution in [-0.4, -0.2) is 31.6 Å². The lowest BCUT2D eigenvalue weighted by Gasteiger charge is -2.15. The lowest BCUT2D eigenvalue weighted by atomic mass is 10.2. The maximum Gasteiger partial charge on any atom is 0.139 e. The van der Waals surface area contributed by atoms with Crippen LogP contribution in [-0.2, 0) is 11.5 Å². The number of rotatable bonds is 6. The Labute approximate surface area is 129 Å². The van der Waals surface area contributed by atoms with Crippen LogP contribution < -0.4 is 4.74 Å². The molecule has 0 bridgehead atoms. The third-order valence-corrected chi connectivity index (χ3v) is 5.45. The number of benzene rings is 1. The predicted octanol–water partition coefficient (Wildman–Crippen LogP) is 4.12. The highest BCUT2D eigenvalue weighted by Gasteiger charge is 2.12. The van der Waals surface area contributed by atoms with E-state index in [1.807, 2.05) is 23.0 Å². The van der Waals surface area contributed by atoms with Crippen molar-refractivity contribution < 1.29 is 9.47 Å². The second-order valence-corrected chi connectivity index (χ2v) is 12.5. The van der Waals surface area contributed by atoms with Gasteiger partial charge in [0, 0.05) is 26.1 Å². The molecule has 4 nitrogen and oxygen atoms in total. The minimum Gasteiger partial charge on any atom is -0.495 e. The highest BCUT2D eigenvalue weighted by Crippen LogP contribution is 2.30. The van der Waals surface area contributed by atoms with Gasteiger partial charge in [-0.1, -0.05) is 19.6 Å². The fourth-order valence-electron chi connectivity index (χ4n) is 1.87. The summed E-state index contributed by atoms with van der Waals surface area (Å²) in [7, 11) is 0.628. The monoisotopic (exact) mass is 356 g/mol. The Bertz CT molecular complexity index is 593. The van der Waals surface area contributed by atoms with Crippen molar-refractivity contribution in [2.45, 2.75) is 32.4 Å². The molecule has 0 saturated carbocycles. The van der Waals surface area contributed by atoms with Gasteiger partial charge in [-0.05, 0) is 28.0 Å². The van der Waals surface area contributed by atoms with Crippen molar-refractivity contribution in [1.29, 1.82) is 0 Å². The fourth-order valence-corrected chi connectivity index (χ4v) is 3.15. The van der Waals surface area contributed by atoms with Gasteiger partial charge >= 0.3 is 0 Å². The molecule has 0 fully saturated rings. The summed E-state index contributed by atoms with van der Waals surface area (Å²) in [6, 6.07) is 5.16. The molecule has 1 aromatic carbocycles. The van der Waals surface area contributed by atoms with Gasteiger partial charge in [0.15, 0.2) is 0 Å². The van der Waals surface area contributed by atoms with Crippen molar-refractivity contribution in [2.75, 3.05) is 13.7 Å². The molecule has 0 N–H and O–H groups in total. The van der Waals surface area contributed by atoms with Gasteiger partial charge in [-0.2, -0.15) is 5.10 Å². The molecule has 0 atom stereocenters. The molecule has 0 saturated heterocycles. The molecule has 0 unspecified atom stereocenters. The highest BCUT2D eigenvalue weighted by atomic mass is 79.9. The second-order valence-electron chi connectivity index (χ2n) is 6.04. The number of ether oxygens (including phenoxy) is 2. The summed E-state index contributed by atoms with van der Waals surface area (Å²) in [4.78, 5) is 0. The molecule has 0 amide bonds. The van der Waals surface area contributed by atoms with Gasteiger partial charge in [-0.25, -0.2) is 4.68 Å². The number of aromatic nitrogens is 2. The first-order valence-electron chi connectivity index (χ1n) is 6.67. The smallest absolute Gasteiger partial charge is 0.139 e. The zero-order valence-corrected chi connectivity index (χ0v) is 15.0. The van der Waals surface area contributed by atoms with E-state index in [1.165, 1.54) is 6.04 Å². The normalized spacial score (nSPS) is 12.1. The van der Waals surface area contributed by atoms with E-state index in [9.17, 15) is 0 Å². The topological polar surface area (TPSA) is 36.3 Å². The Morgan fingerprint density at radius 2 is 2.05 bits per heavy atom. The fraction of sp³-hybridized carbons (Fsp3) is 0.500. The van der Waals surface area contributed by atoms with E-state index in [4.69, 9.17) is 9.47 Å². The minimum absolute atomic E-state index is 0.485. The van der Waals surface area contributed by atoms with E-state index in [-0.39, 0.29) is 0 Å². The summed E-state index contributed by atoms with van der Waals surface area (Å²) < 4.78 is 13.9. The van der Waals surface area contributed by atoms with Crippen LogP contribution in [0.1, 0.15) is 0 Å². The van der Waals surface area contributed by atoms with Gasteiger partial charge in [-0.3, -0.25) is 0 Å². The van der Waals surface area contributed by atoms with Gasteiger partial charge in [0.1, 0.15) is 12.5 Å². The quantitative estimate of drug-likeness (QED) is 0.576. The Morgan fingerprint density at radius 3 is 2.70 bits per heavy atom. The van der Waals surface area contributed by atoms with Crippen molar-refractivity contribution in [1.82, 2.24) is 9.78 Å². The zero-order valence-electron chi connectivity index (χ0n) is 12.4. The van der Waals surface area contributed by atoms with Gasteiger partial charge < -0.3 is 9.47 Å². The molecular formula is C14H21BrN2O2Si. The SMILES string of the molecule is COc1cc2c(cnn2COCC[Si](C)(C)C)cc1Br. The number of halogens is 1. The van der Waals surface area contributed by atoms with E-state index in [0.29, 0.717) is 6.73 Å². The van der Waals surface area contributed by atoms with Gasteiger partial charge in [0.2, 0.25) is 0 Å². The summed E-state index contributed by atoms with van der Waals surface area (Å²) in [6.45, 7) is 8.33. The third-order valence-electron chi connectivity index (χ3n) is 3.13. The first kappa shape index (κ1) is 15.5. The molecule has 110 valence electrons. The van der Waals surface area contributed by atoms with Gasteiger partial charge in [-0.15, -0.1) is 0 Å². The number of hydrogen-bond donors (Lipinski definition) is 0. The summed E-state index contributed by atoms with van der Waals surface area (Å²) in [5.74, 6) is 0.807. The van der Waals surface area contributed by atoms with Crippen LogP contribution in [0.5, 0.6) is 5.75 Å². The first-order chi connectivity index (χ1) is 9.40. The largest absolute Gasteiger partial charge is 0.495 e. The maximum absolute atomic E-state index is 5.75. The lowest BCUT2D eigenvalue weighted by Crippen LogP contribution is -2.22. The average Bonchev–Trinajstić information content (AvgIpc) is 2.74. The summed E-state index contributed by atoms with van der Waals surface area (Å²) in [6.07, 6.45) is 1.85. The van der Waals surface area contributed by atoms with E-state index in [1.54, 1.807) is 7.11 Å². The van der Waals surface area contributed by atoms with Crippen LogP contribution in [0, 0.1) is 0 Å². The molecule has 2 rings (SSSR count). The number of hydrogen-bond acceptors (Lipinski definition) is 3. The van der Waals surface area contributed by atoms with Crippen molar-refractivity contribution in [2.24, 2.45) is 0 Å².